The number of pyridine rings is 1. The Kier molecular flexibility index (Phi) is 3.71. The van der Waals surface area contributed by atoms with Crippen LogP contribution < -0.4 is 10.6 Å². The summed E-state index contributed by atoms with van der Waals surface area (Å²) >= 11 is 3.62. The van der Waals surface area contributed by atoms with Crippen molar-refractivity contribution >= 4 is 32.5 Å². The molecule has 0 amide bonds. The van der Waals surface area contributed by atoms with Crippen molar-refractivity contribution in [2.45, 2.75) is 25.3 Å². The third kappa shape index (κ3) is 2.35. The lowest BCUT2D eigenvalue weighted by molar-refractivity contribution is 0.463. The van der Waals surface area contributed by atoms with Crippen LogP contribution in [0.5, 0.6) is 0 Å². The van der Waals surface area contributed by atoms with Crippen LogP contribution in [0.4, 0.5) is 5.82 Å². The summed E-state index contributed by atoms with van der Waals surface area (Å²) in [4.78, 5) is 7.01. The minimum Gasteiger partial charge on any atom is -0.352 e. The van der Waals surface area contributed by atoms with Crippen LogP contribution in [0.15, 0.2) is 34.9 Å². The molecule has 0 radical (unpaired) electrons. The van der Waals surface area contributed by atoms with Gasteiger partial charge in [0.1, 0.15) is 5.82 Å². The fraction of sp³-hybridized carbons (Fsp3) is 0.400. The number of aromatic nitrogens is 1. The predicted molar refractivity (Wildman–Crippen MR) is 83.5 cm³/mol. The monoisotopic (exact) mass is 319 g/mol. The largest absolute Gasteiger partial charge is 0.352 e. The van der Waals surface area contributed by atoms with Crippen LogP contribution in [0.3, 0.4) is 0 Å². The Morgan fingerprint density at radius 2 is 2.16 bits per heavy atom. The van der Waals surface area contributed by atoms with Gasteiger partial charge in [-0.1, -0.05) is 28.1 Å². The molecule has 100 valence electrons. The van der Waals surface area contributed by atoms with Gasteiger partial charge in [0.05, 0.1) is 0 Å². The fourth-order valence-corrected chi connectivity index (χ4v) is 3.41. The number of rotatable bonds is 2. The van der Waals surface area contributed by atoms with Crippen molar-refractivity contribution in [2.75, 3.05) is 18.0 Å². The molecule has 1 unspecified atom stereocenters. The van der Waals surface area contributed by atoms with E-state index in [1.54, 1.807) is 0 Å². The molecule has 0 saturated carbocycles. The number of anilines is 1. The fourth-order valence-electron chi connectivity index (χ4n) is 2.91. The van der Waals surface area contributed by atoms with E-state index in [-0.39, 0.29) is 0 Å². The molecule has 1 saturated heterocycles. The summed E-state index contributed by atoms with van der Waals surface area (Å²) in [5.74, 6) is 1.08. The smallest absolute Gasteiger partial charge is 0.136 e. The highest BCUT2D eigenvalue weighted by molar-refractivity contribution is 9.10. The Hall–Kier alpha value is -1.13. The molecule has 2 aromatic rings. The highest BCUT2D eigenvalue weighted by atomic mass is 79.9. The van der Waals surface area contributed by atoms with Crippen molar-refractivity contribution in [1.82, 2.24) is 4.98 Å². The predicted octanol–water partition coefficient (Wildman–Crippen LogP) is 3.31. The van der Waals surface area contributed by atoms with Crippen LogP contribution in [-0.4, -0.2) is 24.1 Å². The molecule has 2 N–H and O–H groups in total. The normalized spacial score (nSPS) is 19.9. The van der Waals surface area contributed by atoms with E-state index in [2.05, 4.69) is 50.1 Å². The molecule has 1 atom stereocenters. The molecule has 1 aliphatic heterocycles. The lowest BCUT2D eigenvalue weighted by atomic mass is 10.0. The van der Waals surface area contributed by atoms with Gasteiger partial charge >= 0.3 is 0 Å². The number of nitrogens with zero attached hydrogens (tertiary/aromatic N) is 2. The van der Waals surface area contributed by atoms with E-state index < -0.39 is 0 Å². The zero-order valence-electron chi connectivity index (χ0n) is 10.8. The second-order valence-electron chi connectivity index (χ2n) is 5.05. The van der Waals surface area contributed by atoms with E-state index >= 15 is 0 Å². The number of fused-ring (bicyclic) bond motifs is 1. The maximum absolute atomic E-state index is 5.93. The van der Waals surface area contributed by atoms with E-state index in [4.69, 9.17) is 5.73 Å². The Labute approximate surface area is 121 Å². The minimum absolute atomic E-state index is 0.422. The van der Waals surface area contributed by atoms with Crippen molar-refractivity contribution in [2.24, 2.45) is 5.73 Å². The van der Waals surface area contributed by atoms with Crippen LogP contribution in [0.25, 0.3) is 10.8 Å². The number of nitrogens with two attached hydrogens (primary N) is 1. The quantitative estimate of drug-likeness (QED) is 0.923. The van der Waals surface area contributed by atoms with Crippen molar-refractivity contribution in [1.29, 1.82) is 0 Å². The van der Waals surface area contributed by atoms with Crippen molar-refractivity contribution < 1.29 is 0 Å². The molecule has 3 rings (SSSR count). The average Bonchev–Trinajstić information content (AvgIpc) is 2.47. The van der Waals surface area contributed by atoms with Gasteiger partial charge in [-0.15, -0.1) is 0 Å². The van der Waals surface area contributed by atoms with Crippen molar-refractivity contribution in [3.63, 3.8) is 0 Å². The SMILES string of the molecule is NCC1CCCCN1c1nccc2c(Br)cccc12. The van der Waals surface area contributed by atoms with Gasteiger partial charge in [0.25, 0.3) is 0 Å². The third-order valence-electron chi connectivity index (χ3n) is 3.90. The lowest BCUT2D eigenvalue weighted by Gasteiger charge is -2.36. The summed E-state index contributed by atoms with van der Waals surface area (Å²) in [5, 5.41) is 2.42. The molecule has 0 aliphatic carbocycles. The minimum atomic E-state index is 0.422. The standard InChI is InChI=1S/C15H18BrN3/c16-14-6-3-5-13-12(14)7-8-18-15(13)19-9-2-1-4-11(19)10-17/h3,5-8,11H,1-2,4,9-10,17H2. The summed E-state index contributed by atoms with van der Waals surface area (Å²) in [6.07, 6.45) is 5.56. The molecule has 1 aliphatic rings. The summed E-state index contributed by atoms with van der Waals surface area (Å²) in [5.41, 5.74) is 5.93. The van der Waals surface area contributed by atoms with Crippen molar-refractivity contribution in [3.8, 4) is 0 Å². The van der Waals surface area contributed by atoms with Crippen LogP contribution in [0.2, 0.25) is 0 Å². The van der Waals surface area contributed by atoms with Gasteiger partial charge in [0.2, 0.25) is 0 Å². The molecule has 1 aromatic heterocycles. The molecule has 4 heteroatoms. The highest BCUT2D eigenvalue weighted by Gasteiger charge is 2.23. The van der Waals surface area contributed by atoms with E-state index in [0.29, 0.717) is 12.6 Å². The molecule has 19 heavy (non-hydrogen) atoms. The maximum Gasteiger partial charge on any atom is 0.136 e. The highest BCUT2D eigenvalue weighted by Crippen LogP contribution is 2.32. The zero-order chi connectivity index (χ0) is 13.2. The zero-order valence-corrected chi connectivity index (χ0v) is 12.4. The molecular weight excluding hydrogens is 302 g/mol. The van der Waals surface area contributed by atoms with Gasteiger partial charge in [-0.25, -0.2) is 4.98 Å². The average molecular weight is 320 g/mol. The molecule has 0 spiro atoms. The van der Waals surface area contributed by atoms with Crippen LogP contribution in [0.1, 0.15) is 19.3 Å². The number of hydrogen-bond acceptors (Lipinski definition) is 3. The van der Waals surface area contributed by atoms with E-state index in [1.165, 1.54) is 30.0 Å². The summed E-state index contributed by atoms with van der Waals surface area (Å²) in [6.45, 7) is 1.76. The Bertz CT molecular complexity index is 585. The third-order valence-corrected chi connectivity index (χ3v) is 4.59. The van der Waals surface area contributed by atoms with Crippen LogP contribution in [-0.2, 0) is 0 Å². The first-order valence-electron chi connectivity index (χ1n) is 6.81. The van der Waals surface area contributed by atoms with Crippen LogP contribution >= 0.6 is 15.9 Å². The number of hydrogen-bond donors (Lipinski definition) is 1. The second-order valence-corrected chi connectivity index (χ2v) is 5.90. The molecule has 1 aromatic carbocycles. The molecule has 3 nitrogen and oxygen atoms in total. The van der Waals surface area contributed by atoms with E-state index in [9.17, 15) is 0 Å². The van der Waals surface area contributed by atoms with Gasteiger partial charge in [-0.3, -0.25) is 0 Å². The van der Waals surface area contributed by atoms with E-state index in [1.807, 2.05) is 6.20 Å². The molecule has 1 fully saturated rings. The number of piperidine rings is 1. The first kappa shape index (κ1) is 12.9. The van der Waals surface area contributed by atoms with Gasteiger partial charge in [-0.05, 0) is 31.4 Å². The second kappa shape index (κ2) is 5.47. The van der Waals surface area contributed by atoms with Gasteiger partial charge in [0.15, 0.2) is 0 Å². The number of halogens is 1. The van der Waals surface area contributed by atoms with Gasteiger partial charge in [-0.2, -0.15) is 0 Å². The summed E-state index contributed by atoms with van der Waals surface area (Å²) in [6, 6.07) is 8.77. The molecule has 2 heterocycles. The Balaban J connectivity index is 2.11. The summed E-state index contributed by atoms with van der Waals surface area (Å²) in [7, 11) is 0. The van der Waals surface area contributed by atoms with Gasteiger partial charge in [0, 0.05) is 40.6 Å². The Morgan fingerprint density at radius 3 is 3.00 bits per heavy atom. The first-order chi connectivity index (χ1) is 9.31. The Morgan fingerprint density at radius 1 is 1.26 bits per heavy atom. The topological polar surface area (TPSA) is 42.1 Å². The van der Waals surface area contributed by atoms with Crippen molar-refractivity contribution in [3.05, 3.63) is 34.9 Å². The van der Waals surface area contributed by atoms with E-state index in [0.717, 1.165) is 16.8 Å². The lowest BCUT2D eigenvalue weighted by Crippen LogP contribution is -2.44. The van der Waals surface area contributed by atoms with Crippen LogP contribution in [0, 0.1) is 0 Å². The maximum atomic E-state index is 5.93. The molecular formula is C15H18BrN3. The number of benzene rings is 1. The first-order valence-corrected chi connectivity index (χ1v) is 7.60. The molecule has 0 bridgehead atoms. The summed E-state index contributed by atoms with van der Waals surface area (Å²) < 4.78 is 1.12. The van der Waals surface area contributed by atoms with Gasteiger partial charge < -0.3 is 10.6 Å².